The van der Waals surface area contributed by atoms with Crippen LogP contribution in [-0.2, 0) is 17.8 Å². The lowest BCUT2D eigenvalue weighted by atomic mass is 10.1. The second-order valence-electron chi connectivity index (χ2n) is 5.42. The van der Waals surface area contributed by atoms with Gasteiger partial charge in [-0.2, -0.15) is 8.78 Å². The quantitative estimate of drug-likeness (QED) is 0.722. The van der Waals surface area contributed by atoms with E-state index in [0.29, 0.717) is 25.9 Å². The molecule has 0 atom stereocenters. The fraction of sp³-hybridized carbons (Fsp3) is 0.316. The fourth-order valence-electron chi connectivity index (χ4n) is 2.43. The third kappa shape index (κ3) is 5.65. The highest BCUT2D eigenvalue weighted by atomic mass is 19.3. The van der Waals surface area contributed by atoms with E-state index >= 15 is 0 Å². The molecule has 0 fully saturated rings. The summed E-state index contributed by atoms with van der Waals surface area (Å²) >= 11 is 0. The van der Waals surface area contributed by atoms with Gasteiger partial charge in [-0.25, -0.2) is 0 Å². The first kappa shape index (κ1) is 17.9. The topological polar surface area (TPSA) is 29.5 Å². The van der Waals surface area contributed by atoms with Crippen molar-refractivity contribution in [3.8, 4) is 5.75 Å². The number of benzene rings is 2. The van der Waals surface area contributed by atoms with Gasteiger partial charge in [0.25, 0.3) is 0 Å². The zero-order valence-corrected chi connectivity index (χ0v) is 13.6. The van der Waals surface area contributed by atoms with E-state index in [2.05, 4.69) is 4.74 Å². The molecule has 0 bridgehead atoms. The Hall–Kier alpha value is -2.43. The Morgan fingerprint density at radius 2 is 1.71 bits per heavy atom. The molecule has 1 amide bonds. The summed E-state index contributed by atoms with van der Waals surface area (Å²) < 4.78 is 28.5. The fourth-order valence-corrected chi connectivity index (χ4v) is 2.43. The Labute approximate surface area is 140 Å². The maximum atomic E-state index is 12.4. The number of aryl methyl sites for hydroxylation is 1. The molecule has 24 heavy (non-hydrogen) atoms. The predicted molar refractivity (Wildman–Crippen MR) is 88.9 cm³/mol. The number of hydrogen-bond donors (Lipinski definition) is 0. The SMILES string of the molecule is CCN(Cc1ccccc1)C(=O)CCc1ccc(OC(F)F)cc1. The number of nitrogens with zero attached hydrogens (tertiary/aromatic N) is 1. The minimum Gasteiger partial charge on any atom is -0.435 e. The molecule has 0 aliphatic heterocycles. The van der Waals surface area contributed by atoms with Gasteiger partial charge in [-0.15, -0.1) is 0 Å². The number of rotatable bonds is 8. The summed E-state index contributed by atoms with van der Waals surface area (Å²) in [6, 6.07) is 16.3. The molecule has 5 heteroatoms. The molecule has 3 nitrogen and oxygen atoms in total. The van der Waals surface area contributed by atoms with Gasteiger partial charge in [0, 0.05) is 19.5 Å². The Morgan fingerprint density at radius 3 is 2.29 bits per heavy atom. The summed E-state index contributed by atoms with van der Waals surface area (Å²) in [4.78, 5) is 14.2. The van der Waals surface area contributed by atoms with E-state index < -0.39 is 6.61 Å². The Kier molecular flexibility index (Phi) is 6.73. The largest absolute Gasteiger partial charge is 0.435 e. The molecule has 0 aliphatic carbocycles. The summed E-state index contributed by atoms with van der Waals surface area (Å²) in [5.74, 6) is 0.202. The number of halogens is 2. The van der Waals surface area contributed by atoms with E-state index in [-0.39, 0.29) is 11.7 Å². The van der Waals surface area contributed by atoms with Crippen LogP contribution in [0.15, 0.2) is 54.6 Å². The molecule has 0 saturated carbocycles. The minimum absolute atomic E-state index is 0.0780. The molecule has 0 aromatic heterocycles. The van der Waals surface area contributed by atoms with Gasteiger partial charge in [0.2, 0.25) is 5.91 Å². The van der Waals surface area contributed by atoms with Gasteiger partial charge in [-0.05, 0) is 36.6 Å². The van der Waals surface area contributed by atoms with Crippen molar-refractivity contribution in [3.63, 3.8) is 0 Å². The maximum absolute atomic E-state index is 12.4. The van der Waals surface area contributed by atoms with Crippen molar-refractivity contribution < 1.29 is 18.3 Å². The summed E-state index contributed by atoms with van der Waals surface area (Å²) in [5, 5.41) is 0. The molecule has 0 heterocycles. The van der Waals surface area contributed by atoms with Crippen LogP contribution in [0.1, 0.15) is 24.5 Å². The van der Waals surface area contributed by atoms with E-state index in [4.69, 9.17) is 0 Å². The van der Waals surface area contributed by atoms with Crippen molar-refractivity contribution in [3.05, 3.63) is 65.7 Å². The van der Waals surface area contributed by atoms with Crippen molar-refractivity contribution >= 4 is 5.91 Å². The molecule has 0 unspecified atom stereocenters. The molecular formula is C19H21F2NO2. The molecule has 2 aromatic carbocycles. The first-order chi connectivity index (χ1) is 11.6. The smallest absolute Gasteiger partial charge is 0.387 e. The average molecular weight is 333 g/mol. The van der Waals surface area contributed by atoms with E-state index in [9.17, 15) is 13.6 Å². The summed E-state index contributed by atoms with van der Waals surface area (Å²) in [6.07, 6.45) is 0.953. The highest BCUT2D eigenvalue weighted by molar-refractivity contribution is 5.76. The standard InChI is InChI=1S/C19H21F2NO2/c1-2-22(14-16-6-4-3-5-7-16)18(23)13-10-15-8-11-17(12-9-15)24-19(20)21/h3-9,11-12,19H,2,10,13-14H2,1H3. The van der Waals surface area contributed by atoms with Crippen LogP contribution in [-0.4, -0.2) is 24.0 Å². The van der Waals surface area contributed by atoms with Crippen LogP contribution in [0.2, 0.25) is 0 Å². The Morgan fingerprint density at radius 1 is 1.04 bits per heavy atom. The van der Waals surface area contributed by atoms with Crippen molar-refractivity contribution in [2.45, 2.75) is 32.9 Å². The molecule has 0 aliphatic rings. The number of alkyl halides is 2. The van der Waals surface area contributed by atoms with Gasteiger partial charge < -0.3 is 9.64 Å². The van der Waals surface area contributed by atoms with Gasteiger partial charge in [-0.1, -0.05) is 42.5 Å². The predicted octanol–water partition coefficient (Wildman–Crippen LogP) is 4.27. The van der Waals surface area contributed by atoms with Crippen LogP contribution >= 0.6 is 0 Å². The number of carbonyl (C=O) groups excluding carboxylic acids is 1. The molecule has 128 valence electrons. The van der Waals surface area contributed by atoms with Crippen LogP contribution in [0.25, 0.3) is 0 Å². The number of ether oxygens (including phenoxy) is 1. The lowest BCUT2D eigenvalue weighted by molar-refractivity contribution is -0.131. The zero-order valence-electron chi connectivity index (χ0n) is 13.6. The zero-order chi connectivity index (χ0) is 17.4. The van der Waals surface area contributed by atoms with E-state index in [1.807, 2.05) is 42.2 Å². The van der Waals surface area contributed by atoms with Crippen LogP contribution in [0.4, 0.5) is 8.78 Å². The first-order valence-corrected chi connectivity index (χ1v) is 7.94. The highest BCUT2D eigenvalue weighted by Gasteiger charge is 2.12. The summed E-state index contributed by atoms with van der Waals surface area (Å²) in [5.41, 5.74) is 2.02. The van der Waals surface area contributed by atoms with E-state index in [1.54, 1.807) is 12.1 Å². The van der Waals surface area contributed by atoms with Gasteiger partial charge in [0.05, 0.1) is 0 Å². The normalized spacial score (nSPS) is 10.7. The molecule has 0 N–H and O–H groups in total. The van der Waals surface area contributed by atoms with Crippen molar-refractivity contribution in [1.82, 2.24) is 4.90 Å². The van der Waals surface area contributed by atoms with E-state index in [0.717, 1.165) is 11.1 Å². The number of carbonyl (C=O) groups is 1. The van der Waals surface area contributed by atoms with E-state index in [1.165, 1.54) is 12.1 Å². The van der Waals surface area contributed by atoms with Crippen LogP contribution in [0, 0.1) is 0 Å². The van der Waals surface area contributed by atoms with Gasteiger partial charge >= 0.3 is 6.61 Å². The van der Waals surface area contributed by atoms with Crippen LogP contribution in [0.3, 0.4) is 0 Å². The van der Waals surface area contributed by atoms with Gasteiger partial charge in [0.15, 0.2) is 0 Å². The summed E-state index contributed by atoms with van der Waals surface area (Å²) in [6.45, 7) is 0.373. The number of amides is 1. The second kappa shape index (κ2) is 9.01. The number of hydrogen-bond acceptors (Lipinski definition) is 2. The molecular weight excluding hydrogens is 312 g/mol. The van der Waals surface area contributed by atoms with Crippen molar-refractivity contribution in [2.75, 3.05) is 6.54 Å². The van der Waals surface area contributed by atoms with Crippen molar-refractivity contribution in [1.29, 1.82) is 0 Å². The Balaban J connectivity index is 1.86. The monoisotopic (exact) mass is 333 g/mol. The second-order valence-corrected chi connectivity index (χ2v) is 5.42. The lowest BCUT2D eigenvalue weighted by Gasteiger charge is -2.21. The van der Waals surface area contributed by atoms with Crippen LogP contribution in [0.5, 0.6) is 5.75 Å². The molecule has 2 aromatic rings. The first-order valence-electron chi connectivity index (χ1n) is 7.94. The lowest BCUT2D eigenvalue weighted by Crippen LogP contribution is -2.30. The third-order valence-corrected chi connectivity index (χ3v) is 3.73. The van der Waals surface area contributed by atoms with Gasteiger partial charge in [-0.3, -0.25) is 4.79 Å². The highest BCUT2D eigenvalue weighted by Crippen LogP contribution is 2.16. The Bertz CT molecular complexity index is 630. The summed E-state index contributed by atoms with van der Waals surface area (Å²) in [7, 11) is 0. The third-order valence-electron chi connectivity index (χ3n) is 3.73. The minimum atomic E-state index is -2.83. The molecule has 0 spiro atoms. The van der Waals surface area contributed by atoms with Gasteiger partial charge in [0.1, 0.15) is 5.75 Å². The average Bonchev–Trinajstić information content (AvgIpc) is 2.59. The van der Waals surface area contributed by atoms with Crippen LogP contribution < -0.4 is 4.74 Å². The maximum Gasteiger partial charge on any atom is 0.387 e. The molecule has 0 saturated heterocycles. The van der Waals surface area contributed by atoms with Crippen molar-refractivity contribution in [2.24, 2.45) is 0 Å². The molecule has 2 rings (SSSR count). The molecule has 0 radical (unpaired) electrons.